The number of rotatable bonds is 14. The van der Waals surface area contributed by atoms with E-state index in [0.29, 0.717) is 19.3 Å². The van der Waals surface area contributed by atoms with Gasteiger partial charge in [-0.25, -0.2) is 0 Å². The van der Waals surface area contributed by atoms with E-state index >= 15 is 0 Å². The molecule has 3 aromatic carbocycles. The van der Waals surface area contributed by atoms with Crippen LogP contribution < -0.4 is 5.73 Å². The summed E-state index contributed by atoms with van der Waals surface area (Å²) < 4.78 is 11.6. The van der Waals surface area contributed by atoms with Crippen molar-refractivity contribution >= 4 is 22.8 Å². The second kappa shape index (κ2) is 15.0. The molecular weight excluding hydrogens is 598 g/mol. The zero-order valence-corrected chi connectivity index (χ0v) is 28.7. The molecule has 0 fully saturated rings. The number of ether oxygens (including phenoxy) is 2. The minimum absolute atomic E-state index is 0.147. The van der Waals surface area contributed by atoms with E-state index < -0.39 is 22.8 Å². The van der Waals surface area contributed by atoms with Crippen molar-refractivity contribution in [2.24, 2.45) is 17.1 Å². The van der Waals surface area contributed by atoms with Crippen molar-refractivity contribution in [3.05, 3.63) is 125 Å². The molecule has 2 aromatic heterocycles. The maximum absolute atomic E-state index is 14.1. The lowest BCUT2D eigenvalue weighted by atomic mass is 9.61. The third kappa shape index (κ3) is 7.52. The Balaban J connectivity index is 1.51. The molecule has 2 heterocycles. The number of aryl methyl sites for hydroxylation is 3. The van der Waals surface area contributed by atoms with Crippen molar-refractivity contribution in [3.8, 4) is 11.3 Å². The van der Waals surface area contributed by atoms with E-state index in [9.17, 15) is 9.59 Å². The molecule has 5 rings (SSSR count). The number of hydrogen-bond donors (Lipinski definition) is 2. The highest BCUT2D eigenvalue weighted by Gasteiger charge is 2.53. The average Bonchev–Trinajstić information content (AvgIpc) is 3.53. The van der Waals surface area contributed by atoms with Crippen molar-refractivity contribution in [3.63, 3.8) is 0 Å². The molecule has 0 radical (unpaired) electrons. The van der Waals surface area contributed by atoms with Gasteiger partial charge in [0.1, 0.15) is 6.61 Å². The summed E-state index contributed by atoms with van der Waals surface area (Å²) in [6, 6.07) is 28.2. The maximum Gasteiger partial charge on any atom is 0.314 e. The number of pyridine rings is 1. The van der Waals surface area contributed by atoms with Gasteiger partial charge in [0.15, 0.2) is 0 Å². The number of fused-ring (bicyclic) bond motifs is 1. The van der Waals surface area contributed by atoms with Crippen LogP contribution in [0.5, 0.6) is 0 Å². The van der Waals surface area contributed by atoms with E-state index in [4.69, 9.17) is 15.2 Å². The topological polar surface area (TPSA) is 107 Å². The molecule has 0 spiro atoms. The quantitative estimate of drug-likeness (QED) is 0.118. The molecule has 0 aliphatic rings. The van der Waals surface area contributed by atoms with Crippen LogP contribution in [0.3, 0.4) is 0 Å². The van der Waals surface area contributed by atoms with Gasteiger partial charge in [0.25, 0.3) is 0 Å². The molecular formula is C41H47N3O4. The maximum atomic E-state index is 14.1. The van der Waals surface area contributed by atoms with E-state index in [0.717, 1.165) is 38.9 Å². The lowest BCUT2D eigenvalue weighted by Crippen LogP contribution is -2.56. The highest BCUT2D eigenvalue weighted by Crippen LogP contribution is 2.47. The number of hydrogen-bond acceptors (Lipinski definition) is 6. The van der Waals surface area contributed by atoms with Crippen LogP contribution in [0.25, 0.3) is 22.2 Å². The minimum Gasteiger partial charge on any atom is -0.466 e. The summed E-state index contributed by atoms with van der Waals surface area (Å²) >= 11 is 0. The van der Waals surface area contributed by atoms with Gasteiger partial charge in [0, 0.05) is 29.0 Å². The fourth-order valence-corrected chi connectivity index (χ4v) is 6.88. The number of aromatic nitrogens is 2. The predicted molar refractivity (Wildman–Crippen MR) is 191 cm³/mol. The van der Waals surface area contributed by atoms with Crippen LogP contribution in [-0.2, 0) is 37.6 Å². The van der Waals surface area contributed by atoms with Crippen LogP contribution >= 0.6 is 0 Å². The number of carbonyl (C=O) groups is 2. The van der Waals surface area contributed by atoms with Crippen LogP contribution in [0.2, 0.25) is 0 Å². The summed E-state index contributed by atoms with van der Waals surface area (Å²) in [6.45, 7) is 10.2. The van der Waals surface area contributed by atoms with Crippen molar-refractivity contribution in [2.75, 3.05) is 6.61 Å². The van der Waals surface area contributed by atoms with Crippen molar-refractivity contribution in [1.82, 2.24) is 9.97 Å². The van der Waals surface area contributed by atoms with Gasteiger partial charge in [-0.3, -0.25) is 14.6 Å². The van der Waals surface area contributed by atoms with E-state index in [2.05, 4.69) is 54.1 Å². The van der Waals surface area contributed by atoms with Crippen LogP contribution in [0.1, 0.15) is 67.9 Å². The van der Waals surface area contributed by atoms with E-state index in [1.165, 1.54) is 11.1 Å². The fourth-order valence-electron chi connectivity index (χ4n) is 6.88. The number of nitrogens with one attached hydrogen (secondary N) is 1. The molecule has 0 bridgehead atoms. The minimum atomic E-state index is -1.26. The average molecular weight is 646 g/mol. The van der Waals surface area contributed by atoms with Gasteiger partial charge in [0.2, 0.25) is 0 Å². The number of aromatic amines is 1. The second-order valence-electron chi connectivity index (χ2n) is 13.1. The Hall–Kier alpha value is -4.75. The van der Waals surface area contributed by atoms with Gasteiger partial charge >= 0.3 is 11.9 Å². The van der Waals surface area contributed by atoms with Gasteiger partial charge in [-0.2, -0.15) is 0 Å². The molecule has 3 N–H and O–H groups in total. The third-order valence-corrected chi connectivity index (χ3v) is 9.65. The molecule has 0 saturated heterocycles. The zero-order valence-electron chi connectivity index (χ0n) is 28.7. The Bertz CT molecular complexity index is 1830. The SMILES string of the molecule is CCOC(=O)C(C)(CC(CCc1cccnc1)C(=O)OCc1ccccc1)C(N)(CC)c1ccc2[nH]c(-c3cc(C)cc(C)c3)cc2c1. The number of benzene rings is 3. The molecule has 7 nitrogen and oxygen atoms in total. The number of nitrogens with two attached hydrogens (primary N) is 1. The largest absolute Gasteiger partial charge is 0.466 e. The Morgan fingerprint density at radius 3 is 2.29 bits per heavy atom. The summed E-state index contributed by atoms with van der Waals surface area (Å²) in [5.41, 5.74) is 13.2. The van der Waals surface area contributed by atoms with Gasteiger partial charge in [-0.1, -0.05) is 66.6 Å². The van der Waals surface area contributed by atoms with Gasteiger partial charge in [-0.15, -0.1) is 0 Å². The van der Waals surface area contributed by atoms with Gasteiger partial charge in [0.05, 0.1) is 23.5 Å². The van der Waals surface area contributed by atoms with Crippen LogP contribution in [0, 0.1) is 25.2 Å². The standard InChI is InChI=1S/C41H47N3O4/c1-6-41(42,35-17-18-36-34(23-35)24-37(44-36)33-21-28(3)20-29(4)22-33)40(5,39(46)47-7-2)25-32(16-15-30-14-11-19-43-26-30)38(45)48-27-31-12-9-8-10-13-31/h8-14,17-24,26,32,44H,6-7,15-16,25,27,42H2,1-5H3. The first kappa shape index (κ1) is 34.6. The lowest BCUT2D eigenvalue weighted by Gasteiger charge is -2.45. The van der Waals surface area contributed by atoms with Crippen molar-refractivity contribution in [1.29, 1.82) is 0 Å². The Morgan fingerprint density at radius 1 is 0.896 bits per heavy atom. The molecule has 250 valence electrons. The van der Waals surface area contributed by atoms with Crippen molar-refractivity contribution < 1.29 is 19.1 Å². The summed E-state index contributed by atoms with van der Waals surface area (Å²) in [4.78, 5) is 35.8. The summed E-state index contributed by atoms with van der Waals surface area (Å²) in [5, 5.41) is 0.992. The number of H-pyrrole nitrogens is 1. The first-order valence-corrected chi connectivity index (χ1v) is 16.8. The summed E-state index contributed by atoms with van der Waals surface area (Å²) in [5.74, 6) is -1.41. The van der Waals surface area contributed by atoms with Gasteiger partial charge in [-0.05, 0) is 112 Å². The second-order valence-corrected chi connectivity index (χ2v) is 13.1. The summed E-state index contributed by atoms with van der Waals surface area (Å²) in [6.07, 6.45) is 5.18. The molecule has 3 atom stereocenters. The number of carbonyl (C=O) groups excluding carboxylic acids is 2. The van der Waals surface area contributed by atoms with E-state index in [1.54, 1.807) is 19.3 Å². The molecule has 0 aliphatic carbocycles. The number of nitrogens with zero attached hydrogens (tertiary/aromatic N) is 1. The third-order valence-electron chi connectivity index (χ3n) is 9.65. The van der Waals surface area contributed by atoms with Crippen LogP contribution in [0.15, 0.2) is 97.3 Å². The molecule has 0 aliphatic heterocycles. The first-order valence-electron chi connectivity index (χ1n) is 16.8. The molecule has 0 amide bonds. The first-order chi connectivity index (χ1) is 23.1. The molecule has 0 saturated carbocycles. The van der Waals surface area contributed by atoms with Crippen LogP contribution in [0.4, 0.5) is 0 Å². The molecule has 3 unspecified atom stereocenters. The molecule has 48 heavy (non-hydrogen) atoms. The molecule has 7 heteroatoms. The zero-order chi connectivity index (χ0) is 34.3. The lowest BCUT2D eigenvalue weighted by molar-refractivity contribution is -0.164. The molecule has 5 aromatic rings. The predicted octanol–water partition coefficient (Wildman–Crippen LogP) is 8.36. The van der Waals surface area contributed by atoms with E-state index in [-0.39, 0.29) is 25.6 Å². The highest BCUT2D eigenvalue weighted by molar-refractivity contribution is 5.87. The fraction of sp³-hybridized carbons (Fsp3) is 0.341. The smallest absolute Gasteiger partial charge is 0.314 e. The Morgan fingerprint density at radius 2 is 1.62 bits per heavy atom. The Labute approximate surface area is 283 Å². The number of esters is 2. The Kier molecular flexibility index (Phi) is 10.8. The van der Waals surface area contributed by atoms with E-state index in [1.807, 2.05) is 68.4 Å². The summed E-state index contributed by atoms with van der Waals surface area (Å²) in [7, 11) is 0. The van der Waals surface area contributed by atoms with Crippen molar-refractivity contribution in [2.45, 2.75) is 72.4 Å². The van der Waals surface area contributed by atoms with Crippen LogP contribution in [-0.4, -0.2) is 28.5 Å². The normalized spacial score (nSPS) is 14.5. The monoisotopic (exact) mass is 645 g/mol. The van der Waals surface area contributed by atoms with Gasteiger partial charge < -0.3 is 20.2 Å². The highest BCUT2D eigenvalue weighted by atomic mass is 16.5.